The molecule has 0 saturated heterocycles. The molecule has 0 spiro atoms. The molecule has 2 aromatic carbocycles. The lowest BCUT2D eigenvalue weighted by molar-refractivity contribution is 0.0955. The van der Waals surface area contributed by atoms with Crippen LogP contribution in [0.25, 0.3) is 0 Å². The van der Waals surface area contributed by atoms with E-state index in [0.717, 1.165) is 5.56 Å². The molecule has 34 heavy (non-hydrogen) atoms. The number of fused-ring (bicyclic) bond motifs is 1. The van der Waals surface area contributed by atoms with Gasteiger partial charge in [0, 0.05) is 30.9 Å². The van der Waals surface area contributed by atoms with Crippen LogP contribution in [0.2, 0.25) is 0 Å². The number of nitrogens with one attached hydrogen (secondary N) is 4. The second-order valence-electron chi connectivity index (χ2n) is 7.37. The number of amides is 1. The highest BCUT2D eigenvalue weighted by Gasteiger charge is 2.29. The van der Waals surface area contributed by atoms with Crippen LogP contribution < -0.4 is 26.9 Å². The number of anilines is 2. The Morgan fingerprint density at radius 2 is 2.12 bits per heavy atom. The molecular formula is C20H21BBrFN6O5. The zero-order valence-corrected chi connectivity index (χ0v) is 19.3. The molecule has 0 fully saturated rings. The Kier molecular flexibility index (Phi) is 7.75. The van der Waals surface area contributed by atoms with Crippen molar-refractivity contribution in [1.82, 2.24) is 21.1 Å². The van der Waals surface area contributed by atoms with Gasteiger partial charge in [-0.1, -0.05) is 12.1 Å². The Labute approximate surface area is 202 Å². The smallest absolute Gasteiger partial charge is 0.423 e. The lowest BCUT2D eigenvalue weighted by atomic mass is 9.70. The number of benzene rings is 2. The molecule has 1 unspecified atom stereocenters. The fourth-order valence-electron chi connectivity index (χ4n) is 3.56. The van der Waals surface area contributed by atoms with Crippen molar-refractivity contribution in [2.45, 2.75) is 12.6 Å². The second-order valence-corrected chi connectivity index (χ2v) is 8.22. The average Bonchev–Trinajstić information content (AvgIpc) is 3.30. The Morgan fingerprint density at radius 3 is 2.91 bits per heavy atom. The molecule has 1 atom stereocenters. The van der Waals surface area contributed by atoms with Gasteiger partial charge < -0.3 is 30.8 Å². The summed E-state index contributed by atoms with van der Waals surface area (Å²) in [7, 11) is -1.13. The van der Waals surface area contributed by atoms with Crippen LogP contribution in [0.15, 0.2) is 45.5 Å². The molecule has 0 saturated carbocycles. The van der Waals surface area contributed by atoms with E-state index in [1.807, 2.05) is 6.07 Å². The summed E-state index contributed by atoms with van der Waals surface area (Å²) >= 11 is 3.10. The number of rotatable bonds is 9. The summed E-state index contributed by atoms with van der Waals surface area (Å²) in [6.45, 7) is 0.886. The van der Waals surface area contributed by atoms with Gasteiger partial charge in [0.25, 0.3) is 5.91 Å². The van der Waals surface area contributed by atoms with Crippen LogP contribution in [0.5, 0.6) is 0 Å². The topological polar surface area (TPSA) is 154 Å². The Balaban J connectivity index is 1.34. The molecule has 1 aromatic heterocycles. The third-order valence-corrected chi connectivity index (χ3v) is 5.79. The molecule has 1 aliphatic rings. The largest absolute Gasteiger partial charge is 0.492 e. The first-order chi connectivity index (χ1) is 16.5. The minimum atomic E-state index is -1.13. The van der Waals surface area contributed by atoms with Crippen molar-refractivity contribution >= 4 is 45.9 Å². The molecular weight excluding hydrogens is 514 g/mol. The highest BCUT2D eigenvalue weighted by Crippen LogP contribution is 2.25. The fourth-order valence-corrected chi connectivity index (χ4v) is 3.94. The molecule has 1 aliphatic heterocycles. The van der Waals surface area contributed by atoms with Gasteiger partial charge in [-0.25, -0.2) is 9.02 Å². The lowest BCUT2D eigenvalue weighted by Crippen LogP contribution is -2.46. The number of hydrogen-bond acceptors (Lipinski definition) is 10. The van der Waals surface area contributed by atoms with E-state index in [0.29, 0.717) is 29.7 Å². The summed E-state index contributed by atoms with van der Waals surface area (Å²) in [5, 5.41) is 36.0. The molecule has 0 bridgehead atoms. The van der Waals surface area contributed by atoms with Crippen LogP contribution in [-0.4, -0.2) is 53.3 Å². The third-order valence-electron chi connectivity index (χ3n) is 5.19. The Morgan fingerprint density at radius 1 is 1.26 bits per heavy atom. The second kappa shape index (κ2) is 10.9. The van der Waals surface area contributed by atoms with E-state index < -0.39 is 19.1 Å². The van der Waals surface area contributed by atoms with Gasteiger partial charge in [-0.15, -0.1) is 0 Å². The van der Waals surface area contributed by atoms with E-state index in [-0.39, 0.29) is 35.0 Å². The molecule has 1 amide bonds. The summed E-state index contributed by atoms with van der Waals surface area (Å²) in [5.41, 5.74) is 4.49. The van der Waals surface area contributed by atoms with Crippen LogP contribution in [0.1, 0.15) is 27.8 Å². The minimum Gasteiger partial charge on any atom is -0.423 e. The molecule has 3 aromatic rings. The van der Waals surface area contributed by atoms with Crippen molar-refractivity contribution in [1.29, 1.82) is 0 Å². The predicted molar refractivity (Wildman–Crippen MR) is 124 cm³/mol. The normalized spacial score (nSPS) is 13.8. The highest BCUT2D eigenvalue weighted by atomic mass is 79.9. The molecule has 178 valence electrons. The van der Waals surface area contributed by atoms with Gasteiger partial charge in [-0.05, 0) is 68.0 Å². The average molecular weight is 535 g/mol. The van der Waals surface area contributed by atoms with Gasteiger partial charge in [0.15, 0.2) is 17.7 Å². The van der Waals surface area contributed by atoms with Crippen LogP contribution in [0.4, 0.5) is 15.9 Å². The highest BCUT2D eigenvalue weighted by molar-refractivity contribution is 9.10. The molecule has 11 nitrogen and oxygen atoms in total. The summed E-state index contributed by atoms with van der Waals surface area (Å²) in [4.78, 5) is 12.7. The quantitative estimate of drug-likeness (QED) is 0.102. The van der Waals surface area contributed by atoms with Gasteiger partial charge in [-0.2, -0.15) is 5.48 Å². The number of carbonyl (C=O) groups excluding carboxylic acids is 1. The van der Waals surface area contributed by atoms with E-state index in [1.165, 1.54) is 18.2 Å². The van der Waals surface area contributed by atoms with Crippen molar-refractivity contribution in [2.24, 2.45) is 0 Å². The van der Waals surface area contributed by atoms with Crippen LogP contribution in [0.3, 0.4) is 0 Å². The van der Waals surface area contributed by atoms with Crippen LogP contribution in [0, 0.1) is 5.82 Å². The first-order valence-electron chi connectivity index (χ1n) is 10.3. The van der Waals surface area contributed by atoms with E-state index in [9.17, 15) is 19.4 Å². The molecule has 14 heteroatoms. The summed E-state index contributed by atoms with van der Waals surface area (Å²) in [6.07, 6.45) is -0.294. The number of halogens is 2. The molecule has 4 rings (SSSR count). The van der Waals surface area contributed by atoms with E-state index >= 15 is 0 Å². The number of carbonyl (C=O) groups is 1. The summed E-state index contributed by atoms with van der Waals surface area (Å²) in [5.74, 6) is -0.542. The predicted octanol–water partition coefficient (Wildman–Crippen LogP) is 1.16. The standard InChI is InChI=1S/C20H21BBrFN6O5/c22-14-10-12(4-5-15(14)23)26-19(27-32)17-18(29-34-28-17)24-7-8-25-20(30)13-3-1-2-11-6-9-33-21(31)16(11)13/h1-5,10,19,26-27,31-32H,6-9H2,(H,24,29)(H,25,30). The molecule has 0 radical (unpaired) electrons. The molecule has 6 N–H and O–H groups in total. The Hall–Kier alpha value is -3.04. The molecule has 0 aliphatic carbocycles. The van der Waals surface area contributed by atoms with Crippen LogP contribution in [-0.2, 0) is 11.1 Å². The zero-order chi connectivity index (χ0) is 24.1. The monoisotopic (exact) mass is 534 g/mol. The van der Waals surface area contributed by atoms with Gasteiger partial charge in [-0.3, -0.25) is 4.79 Å². The molecule has 2 heterocycles. The van der Waals surface area contributed by atoms with Crippen molar-refractivity contribution in [3.05, 3.63) is 63.5 Å². The fraction of sp³-hybridized carbons (Fsp3) is 0.250. The number of hydroxylamine groups is 1. The van der Waals surface area contributed by atoms with Gasteiger partial charge >= 0.3 is 7.12 Å². The van der Waals surface area contributed by atoms with Crippen molar-refractivity contribution in [3.8, 4) is 0 Å². The van der Waals surface area contributed by atoms with Crippen molar-refractivity contribution in [2.75, 3.05) is 30.3 Å². The maximum Gasteiger partial charge on any atom is 0.492 e. The first-order valence-corrected chi connectivity index (χ1v) is 11.1. The first kappa shape index (κ1) is 24.1. The number of aromatic nitrogens is 2. The minimum absolute atomic E-state index is 0.215. The summed E-state index contributed by atoms with van der Waals surface area (Å²) < 4.78 is 23.7. The zero-order valence-electron chi connectivity index (χ0n) is 17.7. The number of nitrogens with zero attached hydrogens (tertiary/aromatic N) is 2. The van der Waals surface area contributed by atoms with E-state index in [4.69, 9.17) is 9.28 Å². The maximum atomic E-state index is 13.5. The van der Waals surface area contributed by atoms with Gasteiger partial charge in [0.2, 0.25) is 0 Å². The maximum absolute atomic E-state index is 13.5. The van der Waals surface area contributed by atoms with E-state index in [1.54, 1.807) is 12.1 Å². The lowest BCUT2D eigenvalue weighted by Gasteiger charge is -2.21. The SMILES string of the molecule is O=C(NCCNc1nonc1C(NO)Nc1ccc(F)c(Br)c1)c1cccc2c1B(O)OCC2. The third kappa shape index (κ3) is 5.37. The summed E-state index contributed by atoms with van der Waals surface area (Å²) in [6, 6.07) is 9.52. The Bertz CT molecular complexity index is 1170. The number of hydrogen-bond donors (Lipinski definition) is 6. The van der Waals surface area contributed by atoms with Crippen LogP contribution >= 0.6 is 15.9 Å². The van der Waals surface area contributed by atoms with Crippen molar-refractivity contribution in [3.63, 3.8) is 0 Å². The van der Waals surface area contributed by atoms with Gasteiger partial charge in [0.1, 0.15) is 5.82 Å². The van der Waals surface area contributed by atoms with Gasteiger partial charge in [0.05, 0.1) is 4.47 Å². The van der Waals surface area contributed by atoms with E-state index in [2.05, 4.69) is 47.7 Å². The van der Waals surface area contributed by atoms with Crippen molar-refractivity contribution < 1.29 is 28.7 Å².